The monoisotopic (exact) mass is 220 g/mol. The predicted molar refractivity (Wildman–Crippen MR) is 50.4 cm³/mol. The van der Waals surface area contributed by atoms with Gasteiger partial charge in [0.25, 0.3) is 0 Å². The van der Waals surface area contributed by atoms with E-state index in [2.05, 4.69) is 0 Å². The summed E-state index contributed by atoms with van der Waals surface area (Å²) in [6.07, 6.45) is -1.84. The van der Waals surface area contributed by atoms with Gasteiger partial charge in [-0.2, -0.15) is 0 Å². The quantitative estimate of drug-likeness (QED) is 0.451. The third-order valence-electron chi connectivity index (χ3n) is 1.88. The first-order valence-electron chi connectivity index (χ1n) is 4.71. The van der Waals surface area contributed by atoms with Gasteiger partial charge in [-0.1, -0.05) is 0 Å². The Labute approximate surface area is 87.2 Å². The molecule has 0 rings (SSSR count). The van der Waals surface area contributed by atoms with Gasteiger partial charge in [0.05, 0.1) is 18.6 Å². The number of aliphatic carboxylic acids is 2. The van der Waals surface area contributed by atoms with Crippen LogP contribution in [0.3, 0.4) is 0 Å². The number of carbonyl (C=O) groups is 2. The molecule has 0 heterocycles. The number of hydrogen-bond acceptors (Lipinski definition) is 4. The first-order chi connectivity index (χ1) is 6.91. The minimum Gasteiger partial charge on any atom is -0.481 e. The van der Waals surface area contributed by atoms with Crippen LogP contribution in [-0.2, 0) is 9.59 Å². The molecule has 0 bridgehead atoms. The maximum atomic E-state index is 10.2. The minimum absolute atomic E-state index is 0.0356. The highest BCUT2D eigenvalue weighted by Gasteiger charge is 2.15. The van der Waals surface area contributed by atoms with Crippen LogP contribution in [-0.4, -0.2) is 44.6 Å². The second kappa shape index (κ2) is 7.19. The lowest BCUT2D eigenvalue weighted by Gasteiger charge is -2.13. The maximum absolute atomic E-state index is 10.2. The van der Waals surface area contributed by atoms with Gasteiger partial charge >= 0.3 is 11.9 Å². The summed E-state index contributed by atoms with van der Waals surface area (Å²) in [5.41, 5.74) is 0. The molecule has 4 N–H and O–H groups in total. The van der Waals surface area contributed by atoms with E-state index in [1.54, 1.807) is 0 Å². The molecule has 0 aromatic rings. The van der Waals surface area contributed by atoms with Gasteiger partial charge in [-0.05, 0) is 19.3 Å². The first-order valence-corrected chi connectivity index (χ1v) is 4.71. The zero-order chi connectivity index (χ0) is 11.8. The molecule has 0 fully saturated rings. The summed E-state index contributed by atoms with van der Waals surface area (Å²) < 4.78 is 0. The lowest BCUT2D eigenvalue weighted by molar-refractivity contribution is -0.139. The third kappa shape index (κ3) is 9.17. The van der Waals surface area contributed by atoms with Crippen molar-refractivity contribution in [3.05, 3.63) is 0 Å². The van der Waals surface area contributed by atoms with E-state index in [4.69, 9.17) is 15.3 Å². The SMILES string of the molecule is O=C(O)CCCC(O)CC(O)CC(=O)O. The molecule has 0 radical (unpaired) electrons. The number of aliphatic hydroxyl groups excluding tert-OH is 2. The molecule has 0 amide bonds. The fraction of sp³-hybridized carbons (Fsp3) is 0.778. The van der Waals surface area contributed by atoms with E-state index < -0.39 is 30.6 Å². The molecule has 0 aliphatic heterocycles. The molecule has 0 saturated heterocycles. The summed E-state index contributed by atoms with van der Waals surface area (Å²) in [6, 6.07) is 0. The summed E-state index contributed by atoms with van der Waals surface area (Å²) in [5.74, 6) is -2.06. The van der Waals surface area contributed by atoms with E-state index in [9.17, 15) is 14.7 Å². The molecule has 6 heteroatoms. The third-order valence-corrected chi connectivity index (χ3v) is 1.88. The van der Waals surface area contributed by atoms with Gasteiger partial charge in [0.1, 0.15) is 0 Å². The molecule has 0 aliphatic carbocycles. The number of rotatable bonds is 8. The van der Waals surface area contributed by atoms with E-state index in [0.717, 1.165) is 0 Å². The summed E-state index contributed by atoms with van der Waals surface area (Å²) >= 11 is 0. The Morgan fingerprint density at radius 2 is 1.60 bits per heavy atom. The normalized spacial score (nSPS) is 14.5. The number of carboxylic acids is 2. The average molecular weight is 220 g/mol. The molecule has 0 spiro atoms. The zero-order valence-corrected chi connectivity index (χ0v) is 8.30. The van der Waals surface area contributed by atoms with Crippen molar-refractivity contribution in [1.82, 2.24) is 0 Å². The Kier molecular flexibility index (Phi) is 6.64. The van der Waals surface area contributed by atoms with E-state index in [1.807, 2.05) is 0 Å². The average Bonchev–Trinajstić information content (AvgIpc) is 2.00. The molecule has 0 saturated carbocycles. The van der Waals surface area contributed by atoms with Crippen molar-refractivity contribution >= 4 is 11.9 Å². The van der Waals surface area contributed by atoms with Crippen LogP contribution in [0.25, 0.3) is 0 Å². The Morgan fingerprint density at radius 3 is 2.07 bits per heavy atom. The minimum atomic E-state index is -1.12. The molecular formula is C9H16O6. The molecule has 6 nitrogen and oxygen atoms in total. The van der Waals surface area contributed by atoms with Crippen LogP contribution in [0.2, 0.25) is 0 Å². The first kappa shape index (κ1) is 13.9. The molecule has 88 valence electrons. The van der Waals surface area contributed by atoms with Crippen LogP contribution in [0.4, 0.5) is 0 Å². The van der Waals surface area contributed by atoms with Gasteiger partial charge in [-0.25, -0.2) is 0 Å². The van der Waals surface area contributed by atoms with Crippen LogP contribution in [0.15, 0.2) is 0 Å². The van der Waals surface area contributed by atoms with Gasteiger partial charge in [0.2, 0.25) is 0 Å². The van der Waals surface area contributed by atoms with Crippen molar-refractivity contribution in [3.8, 4) is 0 Å². The predicted octanol–water partition coefficient (Wildman–Crippen LogP) is -0.172. The lowest BCUT2D eigenvalue weighted by atomic mass is 10.0. The highest BCUT2D eigenvalue weighted by Crippen LogP contribution is 2.09. The summed E-state index contributed by atoms with van der Waals surface area (Å²) in [7, 11) is 0. The number of carboxylic acid groups (broad SMARTS) is 2. The number of aliphatic hydroxyl groups is 2. The fourth-order valence-electron chi connectivity index (χ4n) is 1.21. The molecule has 2 atom stereocenters. The van der Waals surface area contributed by atoms with Crippen LogP contribution >= 0.6 is 0 Å². The van der Waals surface area contributed by atoms with Gasteiger partial charge in [-0.3, -0.25) is 9.59 Å². The highest BCUT2D eigenvalue weighted by atomic mass is 16.4. The standard InChI is InChI=1S/C9H16O6/c10-6(2-1-3-8(12)13)4-7(11)5-9(14)15/h6-7,10-11H,1-5H2,(H,12,13)(H,14,15). The molecule has 2 unspecified atom stereocenters. The Bertz CT molecular complexity index is 215. The van der Waals surface area contributed by atoms with E-state index in [-0.39, 0.29) is 19.3 Å². The van der Waals surface area contributed by atoms with Crippen molar-refractivity contribution in [2.24, 2.45) is 0 Å². The Balaban J connectivity index is 3.59. The van der Waals surface area contributed by atoms with Crippen LogP contribution in [0, 0.1) is 0 Å². The van der Waals surface area contributed by atoms with Crippen LogP contribution < -0.4 is 0 Å². The second-order valence-corrected chi connectivity index (χ2v) is 3.43. The van der Waals surface area contributed by atoms with Crippen molar-refractivity contribution in [3.63, 3.8) is 0 Å². The van der Waals surface area contributed by atoms with Gasteiger partial charge in [0, 0.05) is 6.42 Å². The fourth-order valence-corrected chi connectivity index (χ4v) is 1.21. The van der Waals surface area contributed by atoms with Crippen LogP contribution in [0.1, 0.15) is 32.1 Å². The number of hydrogen-bond donors (Lipinski definition) is 4. The van der Waals surface area contributed by atoms with Crippen molar-refractivity contribution < 1.29 is 30.0 Å². The summed E-state index contributed by atoms with van der Waals surface area (Å²) in [6.45, 7) is 0. The molecule has 0 aromatic carbocycles. The van der Waals surface area contributed by atoms with Gasteiger partial charge in [0.15, 0.2) is 0 Å². The van der Waals surface area contributed by atoms with Crippen molar-refractivity contribution in [1.29, 1.82) is 0 Å². The van der Waals surface area contributed by atoms with Gasteiger partial charge in [-0.15, -0.1) is 0 Å². The summed E-state index contributed by atoms with van der Waals surface area (Å²) in [5, 5.41) is 35.1. The van der Waals surface area contributed by atoms with E-state index in [1.165, 1.54) is 0 Å². The molecule has 0 aromatic heterocycles. The largest absolute Gasteiger partial charge is 0.481 e. The maximum Gasteiger partial charge on any atom is 0.305 e. The molecular weight excluding hydrogens is 204 g/mol. The highest BCUT2D eigenvalue weighted by molar-refractivity contribution is 5.67. The Hall–Kier alpha value is -1.14. The van der Waals surface area contributed by atoms with Crippen molar-refractivity contribution in [2.45, 2.75) is 44.3 Å². The zero-order valence-electron chi connectivity index (χ0n) is 8.30. The summed E-state index contributed by atoms with van der Waals surface area (Å²) in [4.78, 5) is 20.3. The lowest BCUT2D eigenvalue weighted by Crippen LogP contribution is -2.20. The van der Waals surface area contributed by atoms with E-state index in [0.29, 0.717) is 6.42 Å². The van der Waals surface area contributed by atoms with Crippen molar-refractivity contribution in [2.75, 3.05) is 0 Å². The topological polar surface area (TPSA) is 115 Å². The van der Waals surface area contributed by atoms with E-state index >= 15 is 0 Å². The Morgan fingerprint density at radius 1 is 1.00 bits per heavy atom. The molecule has 15 heavy (non-hydrogen) atoms. The van der Waals surface area contributed by atoms with Crippen LogP contribution in [0.5, 0.6) is 0 Å². The second-order valence-electron chi connectivity index (χ2n) is 3.43. The smallest absolute Gasteiger partial charge is 0.305 e. The van der Waals surface area contributed by atoms with Gasteiger partial charge < -0.3 is 20.4 Å². The molecule has 0 aliphatic rings.